The normalized spacial score (nSPS) is 14.0. The Kier molecular flexibility index (Phi) is 60.6. The molecule has 0 spiro atoms. The molecule has 0 bridgehead atoms. The molecule has 2 N–H and O–H groups in total. The van der Waals surface area contributed by atoms with Crippen molar-refractivity contribution < 1.29 is 37.3 Å². The number of nitrogens with zero attached hydrogens (tertiary/aromatic N) is 1. The summed E-state index contributed by atoms with van der Waals surface area (Å²) in [7, 11) is 1.50. The van der Waals surface area contributed by atoms with Crippen molar-refractivity contribution in [3.63, 3.8) is 0 Å². The van der Waals surface area contributed by atoms with Crippen LogP contribution in [0, 0.1) is 0 Å². The molecule has 10 heteroatoms. The Morgan fingerprint density at radius 3 is 1.12 bits per heavy atom. The lowest BCUT2D eigenvalue weighted by Crippen LogP contribution is -2.47. The van der Waals surface area contributed by atoms with Gasteiger partial charge in [-0.25, -0.2) is 4.57 Å². The maximum Gasteiger partial charge on any atom is 0.472 e. The molecule has 83 heavy (non-hydrogen) atoms. The zero-order valence-corrected chi connectivity index (χ0v) is 56.3. The largest absolute Gasteiger partial charge is 0.472 e. The number of quaternary nitrogens is 1. The molecule has 3 unspecified atom stereocenters. The topological polar surface area (TPSA) is 111 Å². The Morgan fingerprint density at radius 1 is 0.422 bits per heavy atom. The standard InChI is InChI=1S/C73H135N2O7P/c1-7-10-13-16-19-22-25-28-30-32-34-35-36-37-38-39-41-42-44-47-50-53-56-59-62-65-72(76)74-70(69-81-83(78,79)80-68-67-75(4,5)6)71(64-61-58-55-52-49-46-27-24-21-18-15-12-9-3)82-73(77)66-63-60-57-54-51-48-45-43-40-33-31-29-26-23-20-17-14-11-8-2/h19-20,22-23,28-31,34-35,61,64,70-71H,7-18,21,24-27,32-33,36-60,62-63,65-69H2,1-6H3,(H-,74,76,78,79)/p+1/b22-19-,23-20-,30-28-,31-29-,35-34-,64-61-. The van der Waals surface area contributed by atoms with Crippen LogP contribution >= 0.6 is 7.82 Å². The van der Waals surface area contributed by atoms with Gasteiger partial charge >= 0.3 is 13.8 Å². The number of carbonyl (C=O) groups excluding carboxylic acids is 2. The van der Waals surface area contributed by atoms with Crippen molar-refractivity contribution in [2.45, 2.75) is 341 Å². The Hall–Kier alpha value is -2.55. The summed E-state index contributed by atoms with van der Waals surface area (Å²) in [5.41, 5.74) is 0. The molecule has 484 valence electrons. The highest BCUT2D eigenvalue weighted by molar-refractivity contribution is 7.47. The summed E-state index contributed by atoms with van der Waals surface area (Å²) in [6.45, 7) is 6.99. The first-order chi connectivity index (χ1) is 40.4. The number of hydrogen-bond donors (Lipinski definition) is 2. The zero-order valence-electron chi connectivity index (χ0n) is 55.4. The van der Waals surface area contributed by atoms with Crippen LogP contribution in [0.25, 0.3) is 0 Å². The summed E-state index contributed by atoms with van der Waals surface area (Å²) >= 11 is 0. The third kappa shape index (κ3) is 63.8. The Bertz CT molecular complexity index is 1650. The van der Waals surface area contributed by atoms with E-state index in [1.807, 2.05) is 33.3 Å². The number of unbranched alkanes of at least 4 members (excludes halogenated alkanes) is 38. The molecule has 0 aromatic heterocycles. The van der Waals surface area contributed by atoms with Crippen LogP contribution in [0.1, 0.15) is 329 Å². The SMILES string of the molecule is CCCCC/C=C\C/C=C\C/C=C\CCCCCCCCCCCCCCC(=O)NC(COP(=O)(O)OCC[N+](C)(C)C)C(/C=C\CCCCCCCCCCCCC)OC(=O)CCCCCCCCCCC/C=C\C/C=C\CCCCC. The van der Waals surface area contributed by atoms with Crippen LogP contribution < -0.4 is 5.32 Å². The Labute approximate surface area is 514 Å². The quantitative estimate of drug-likeness (QED) is 0.0205. The van der Waals surface area contributed by atoms with Crippen LogP contribution in [0.2, 0.25) is 0 Å². The number of rotatable bonds is 64. The second-order valence-electron chi connectivity index (χ2n) is 25.0. The van der Waals surface area contributed by atoms with E-state index in [2.05, 4.69) is 86.8 Å². The minimum absolute atomic E-state index is 0.0380. The van der Waals surface area contributed by atoms with E-state index in [0.29, 0.717) is 17.4 Å². The fourth-order valence-electron chi connectivity index (χ4n) is 10.2. The number of esters is 1. The van der Waals surface area contributed by atoms with E-state index in [0.717, 1.165) is 77.0 Å². The lowest BCUT2D eigenvalue weighted by atomic mass is 10.0. The van der Waals surface area contributed by atoms with Gasteiger partial charge in [0.1, 0.15) is 19.3 Å². The van der Waals surface area contributed by atoms with Gasteiger partial charge in [-0.05, 0) is 102 Å². The smallest absolute Gasteiger partial charge is 0.456 e. The highest BCUT2D eigenvalue weighted by Crippen LogP contribution is 2.43. The molecule has 0 aliphatic heterocycles. The maximum atomic E-state index is 13.6. The number of hydrogen-bond acceptors (Lipinski definition) is 6. The average molecular weight is 1180 g/mol. The van der Waals surface area contributed by atoms with Gasteiger partial charge in [0.2, 0.25) is 5.91 Å². The molecule has 1 amide bonds. The number of phosphoric ester groups is 1. The first-order valence-corrected chi connectivity index (χ1v) is 36.8. The first-order valence-electron chi connectivity index (χ1n) is 35.3. The summed E-state index contributed by atoms with van der Waals surface area (Å²) in [5, 5.41) is 3.07. The van der Waals surface area contributed by atoms with Crippen molar-refractivity contribution >= 4 is 19.7 Å². The molecule has 9 nitrogen and oxygen atoms in total. The van der Waals surface area contributed by atoms with Crippen molar-refractivity contribution in [2.24, 2.45) is 0 Å². The number of ether oxygens (including phenoxy) is 1. The van der Waals surface area contributed by atoms with Gasteiger partial charge in [-0.15, -0.1) is 0 Å². The van der Waals surface area contributed by atoms with Crippen molar-refractivity contribution in [1.29, 1.82) is 0 Å². The molecule has 0 rings (SSSR count). The highest BCUT2D eigenvalue weighted by atomic mass is 31.2. The van der Waals surface area contributed by atoms with E-state index < -0.39 is 20.0 Å². The fraction of sp³-hybridized carbons (Fsp3) is 0.808. The predicted octanol–water partition coefficient (Wildman–Crippen LogP) is 22.3. The number of allylic oxidation sites excluding steroid dienone is 11. The number of phosphoric acid groups is 1. The Balaban J connectivity index is 5.11. The van der Waals surface area contributed by atoms with E-state index in [9.17, 15) is 19.0 Å². The third-order valence-electron chi connectivity index (χ3n) is 15.6. The van der Waals surface area contributed by atoms with Crippen molar-refractivity contribution in [3.05, 3.63) is 72.9 Å². The molecular formula is C73H136N2O7P+. The van der Waals surface area contributed by atoms with Crippen molar-refractivity contribution in [1.82, 2.24) is 5.32 Å². The molecule has 3 atom stereocenters. The van der Waals surface area contributed by atoms with Gasteiger partial charge in [-0.2, -0.15) is 0 Å². The third-order valence-corrected chi connectivity index (χ3v) is 16.6. The van der Waals surface area contributed by atoms with Gasteiger partial charge in [-0.1, -0.05) is 287 Å². The summed E-state index contributed by atoms with van der Waals surface area (Å²) in [6.07, 6.45) is 81.9. The lowest BCUT2D eigenvalue weighted by molar-refractivity contribution is -0.870. The van der Waals surface area contributed by atoms with Crippen molar-refractivity contribution in [3.8, 4) is 0 Å². The Morgan fingerprint density at radius 2 is 0.735 bits per heavy atom. The van der Waals surface area contributed by atoms with Crippen LogP contribution in [0.3, 0.4) is 0 Å². The number of likely N-dealkylation sites (N-methyl/N-ethyl adjacent to an activating group) is 1. The number of nitrogens with one attached hydrogen (secondary N) is 1. The fourth-order valence-corrected chi connectivity index (χ4v) is 10.9. The highest BCUT2D eigenvalue weighted by Gasteiger charge is 2.30. The minimum Gasteiger partial charge on any atom is -0.456 e. The van der Waals surface area contributed by atoms with Crippen LogP contribution in [0.4, 0.5) is 0 Å². The molecule has 0 saturated heterocycles. The van der Waals surface area contributed by atoms with Gasteiger partial charge in [0.15, 0.2) is 0 Å². The first kappa shape index (κ1) is 80.5. The summed E-state index contributed by atoms with van der Waals surface area (Å²) < 4.78 is 30.8. The number of amides is 1. The molecule has 0 heterocycles. The minimum atomic E-state index is -4.46. The number of carbonyl (C=O) groups is 2. The van der Waals surface area contributed by atoms with Gasteiger partial charge in [0.25, 0.3) is 0 Å². The van der Waals surface area contributed by atoms with Crippen LogP contribution in [-0.2, 0) is 27.9 Å². The zero-order chi connectivity index (χ0) is 60.7. The van der Waals surface area contributed by atoms with Gasteiger partial charge in [0, 0.05) is 12.8 Å². The summed E-state index contributed by atoms with van der Waals surface area (Å²) in [4.78, 5) is 37.9. The van der Waals surface area contributed by atoms with E-state index in [1.165, 1.54) is 218 Å². The van der Waals surface area contributed by atoms with E-state index in [1.54, 1.807) is 0 Å². The van der Waals surface area contributed by atoms with E-state index in [4.69, 9.17) is 13.8 Å². The van der Waals surface area contributed by atoms with Gasteiger partial charge in [0.05, 0.1) is 33.8 Å². The summed E-state index contributed by atoms with van der Waals surface area (Å²) in [6, 6.07) is -0.854. The predicted molar refractivity (Wildman–Crippen MR) is 360 cm³/mol. The molecule has 0 aromatic carbocycles. The van der Waals surface area contributed by atoms with Crippen LogP contribution in [0.15, 0.2) is 72.9 Å². The molecule has 0 saturated carbocycles. The second-order valence-corrected chi connectivity index (χ2v) is 26.5. The van der Waals surface area contributed by atoms with Gasteiger partial charge < -0.3 is 19.4 Å². The molecule has 0 aliphatic carbocycles. The second kappa shape index (κ2) is 62.5. The average Bonchev–Trinajstić information content (AvgIpc) is 3.46. The molecule has 0 fully saturated rings. The molecular weight excluding hydrogens is 1050 g/mol. The lowest BCUT2D eigenvalue weighted by Gasteiger charge is -2.27. The van der Waals surface area contributed by atoms with E-state index >= 15 is 0 Å². The molecule has 0 radical (unpaired) electrons. The van der Waals surface area contributed by atoms with Crippen LogP contribution in [-0.4, -0.2) is 74.3 Å². The maximum absolute atomic E-state index is 13.6. The van der Waals surface area contributed by atoms with E-state index in [-0.39, 0.29) is 31.5 Å². The van der Waals surface area contributed by atoms with Crippen molar-refractivity contribution in [2.75, 3.05) is 40.9 Å². The molecule has 0 aliphatic rings. The molecule has 0 aromatic rings. The summed E-state index contributed by atoms with van der Waals surface area (Å²) in [5.74, 6) is -0.503. The van der Waals surface area contributed by atoms with Crippen LogP contribution in [0.5, 0.6) is 0 Å². The monoisotopic (exact) mass is 1180 g/mol. The van der Waals surface area contributed by atoms with Gasteiger partial charge in [-0.3, -0.25) is 18.6 Å².